The molecule has 0 aromatic carbocycles. The molecule has 1 aliphatic carbocycles. The molecular formula is C15H32N4. The van der Waals surface area contributed by atoms with Gasteiger partial charge in [0.05, 0.1) is 0 Å². The van der Waals surface area contributed by atoms with Crippen molar-refractivity contribution in [3.63, 3.8) is 0 Å². The third-order valence-electron chi connectivity index (χ3n) is 3.93. The van der Waals surface area contributed by atoms with Crippen LogP contribution >= 0.6 is 0 Å². The van der Waals surface area contributed by atoms with Gasteiger partial charge >= 0.3 is 0 Å². The summed E-state index contributed by atoms with van der Waals surface area (Å²) < 4.78 is 0. The summed E-state index contributed by atoms with van der Waals surface area (Å²) in [5, 5.41) is 3.22. The van der Waals surface area contributed by atoms with E-state index in [1.165, 1.54) is 25.7 Å². The van der Waals surface area contributed by atoms with Gasteiger partial charge in [0.15, 0.2) is 5.96 Å². The van der Waals surface area contributed by atoms with E-state index in [1.807, 2.05) is 0 Å². The van der Waals surface area contributed by atoms with Crippen molar-refractivity contribution in [2.24, 2.45) is 22.1 Å². The first-order chi connectivity index (χ1) is 8.93. The molecule has 4 heteroatoms. The topological polar surface area (TPSA) is 53.6 Å². The van der Waals surface area contributed by atoms with E-state index in [4.69, 9.17) is 5.73 Å². The van der Waals surface area contributed by atoms with E-state index in [9.17, 15) is 0 Å². The minimum absolute atomic E-state index is 0.355. The van der Waals surface area contributed by atoms with Gasteiger partial charge in [0, 0.05) is 25.0 Å². The van der Waals surface area contributed by atoms with Gasteiger partial charge in [0.2, 0.25) is 0 Å². The molecule has 0 spiro atoms. The van der Waals surface area contributed by atoms with Crippen LogP contribution in [0.5, 0.6) is 0 Å². The molecule has 0 bridgehead atoms. The van der Waals surface area contributed by atoms with Gasteiger partial charge in [0.1, 0.15) is 0 Å². The maximum absolute atomic E-state index is 5.95. The molecule has 1 aliphatic rings. The number of nitrogens with one attached hydrogen (secondary N) is 1. The summed E-state index contributed by atoms with van der Waals surface area (Å²) in [6, 6.07) is 0. The van der Waals surface area contributed by atoms with E-state index in [0.717, 1.165) is 26.1 Å². The third-order valence-corrected chi connectivity index (χ3v) is 3.93. The lowest BCUT2D eigenvalue weighted by atomic mass is 9.86. The lowest BCUT2D eigenvalue weighted by molar-refractivity contribution is 0.210. The quantitative estimate of drug-likeness (QED) is 0.549. The molecule has 112 valence electrons. The highest BCUT2D eigenvalue weighted by atomic mass is 15.1. The first-order valence-electron chi connectivity index (χ1n) is 7.62. The fourth-order valence-electron chi connectivity index (χ4n) is 2.96. The summed E-state index contributed by atoms with van der Waals surface area (Å²) in [7, 11) is 4.29. The Kier molecular flexibility index (Phi) is 6.63. The van der Waals surface area contributed by atoms with Gasteiger partial charge in [-0.25, -0.2) is 0 Å². The van der Waals surface area contributed by atoms with Crippen molar-refractivity contribution in [1.82, 2.24) is 10.2 Å². The van der Waals surface area contributed by atoms with Gasteiger partial charge in [-0.1, -0.05) is 26.7 Å². The molecule has 3 N–H and O–H groups in total. The van der Waals surface area contributed by atoms with Crippen LogP contribution < -0.4 is 11.1 Å². The Balaban J connectivity index is 2.41. The van der Waals surface area contributed by atoms with Crippen LogP contribution in [0, 0.1) is 11.3 Å². The zero-order valence-electron chi connectivity index (χ0n) is 13.2. The van der Waals surface area contributed by atoms with Crippen molar-refractivity contribution in [1.29, 1.82) is 0 Å². The van der Waals surface area contributed by atoms with Gasteiger partial charge in [-0.3, -0.25) is 4.99 Å². The summed E-state index contributed by atoms with van der Waals surface area (Å²) in [6.45, 7) is 7.36. The van der Waals surface area contributed by atoms with Crippen LogP contribution in [0.2, 0.25) is 0 Å². The molecule has 0 amide bonds. The van der Waals surface area contributed by atoms with E-state index < -0.39 is 0 Å². The molecule has 1 saturated carbocycles. The Labute approximate surface area is 118 Å². The number of nitrogens with two attached hydrogens (primary N) is 1. The van der Waals surface area contributed by atoms with Crippen LogP contribution in [0.25, 0.3) is 0 Å². The van der Waals surface area contributed by atoms with Gasteiger partial charge < -0.3 is 16.0 Å². The molecule has 0 unspecified atom stereocenters. The second-order valence-electron chi connectivity index (χ2n) is 6.76. The Morgan fingerprint density at radius 2 is 1.95 bits per heavy atom. The maximum atomic E-state index is 5.95. The monoisotopic (exact) mass is 268 g/mol. The molecule has 0 aromatic rings. The van der Waals surface area contributed by atoms with Crippen LogP contribution in [0.15, 0.2) is 4.99 Å². The van der Waals surface area contributed by atoms with Crippen molar-refractivity contribution >= 4 is 5.96 Å². The minimum Gasteiger partial charge on any atom is -0.370 e. The summed E-state index contributed by atoms with van der Waals surface area (Å²) in [5.41, 5.74) is 6.31. The van der Waals surface area contributed by atoms with E-state index in [0.29, 0.717) is 17.3 Å². The molecule has 0 aliphatic heterocycles. The number of hydrogen-bond donors (Lipinski definition) is 2. The fraction of sp³-hybridized carbons (Fsp3) is 0.933. The average molecular weight is 268 g/mol. The fourth-order valence-corrected chi connectivity index (χ4v) is 2.96. The molecule has 0 heterocycles. The zero-order chi connectivity index (χ0) is 14.3. The van der Waals surface area contributed by atoms with Crippen molar-refractivity contribution in [2.45, 2.75) is 46.0 Å². The summed E-state index contributed by atoms with van der Waals surface area (Å²) in [5.74, 6) is 1.32. The lowest BCUT2D eigenvalue weighted by Gasteiger charge is -2.30. The van der Waals surface area contributed by atoms with Gasteiger partial charge in [0.25, 0.3) is 0 Å². The Hall–Kier alpha value is -0.770. The second-order valence-corrected chi connectivity index (χ2v) is 6.76. The van der Waals surface area contributed by atoms with Crippen LogP contribution in [0.4, 0.5) is 0 Å². The molecule has 0 aromatic heterocycles. The van der Waals surface area contributed by atoms with E-state index >= 15 is 0 Å². The molecule has 1 rings (SSSR count). The third kappa shape index (κ3) is 6.28. The molecule has 0 radical (unpaired) electrons. The number of hydrogen-bond acceptors (Lipinski definition) is 2. The molecule has 1 fully saturated rings. The largest absolute Gasteiger partial charge is 0.370 e. The predicted molar refractivity (Wildman–Crippen MR) is 83.4 cm³/mol. The van der Waals surface area contributed by atoms with Crippen LogP contribution in [0.1, 0.15) is 46.0 Å². The summed E-state index contributed by atoms with van der Waals surface area (Å²) >= 11 is 0. The first-order valence-corrected chi connectivity index (χ1v) is 7.62. The summed E-state index contributed by atoms with van der Waals surface area (Å²) in [4.78, 5) is 6.87. The smallest absolute Gasteiger partial charge is 0.188 e. The maximum Gasteiger partial charge on any atom is 0.188 e. The van der Waals surface area contributed by atoms with Gasteiger partial charge in [-0.05, 0) is 39.3 Å². The predicted octanol–water partition coefficient (Wildman–Crippen LogP) is 2.06. The van der Waals surface area contributed by atoms with E-state index in [1.54, 1.807) is 0 Å². The number of nitrogens with zero attached hydrogens (tertiary/aromatic N) is 2. The van der Waals surface area contributed by atoms with Crippen molar-refractivity contribution < 1.29 is 0 Å². The minimum atomic E-state index is 0.355. The number of aliphatic imine (C=N–C) groups is 1. The lowest BCUT2D eigenvalue weighted by Crippen LogP contribution is -2.37. The van der Waals surface area contributed by atoms with Crippen LogP contribution in [-0.4, -0.2) is 44.6 Å². The molecular weight excluding hydrogens is 236 g/mol. The summed E-state index contributed by atoms with van der Waals surface area (Å²) in [6.07, 6.45) is 6.38. The van der Waals surface area contributed by atoms with E-state index in [2.05, 4.69) is 43.2 Å². The first kappa shape index (κ1) is 16.3. The van der Waals surface area contributed by atoms with E-state index in [-0.39, 0.29) is 0 Å². The molecule has 19 heavy (non-hydrogen) atoms. The van der Waals surface area contributed by atoms with Crippen molar-refractivity contribution in [3.8, 4) is 0 Å². The highest BCUT2D eigenvalue weighted by Crippen LogP contribution is 2.38. The van der Waals surface area contributed by atoms with Gasteiger partial charge in [-0.15, -0.1) is 0 Å². The van der Waals surface area contributed by atoms with Gasteiger partial charge in [-0.2, -0.15) is 0 Å². The van der Waals surface area contributed by atoms with Crippen LogP contribution in [-0.2, 0) is 0 Å². The number of guanidine groups is 1. The Morgan fingerprint density at radius 1 is 1.32 bits per heavy atom. The SMILES string of the molecule is CC(C)CCNC(N)=NCC1(CN(C)C)CCCC1. The molecule has 0 atom stereocenters. The molecule has 0 saturated heterocycles. The van der Waals surface area contributed by atoms with Crippen LogP contribution in [0.3, 0.4) is 0 Å². The second kappa shape index (κ2) is 7.73. The van der Waals surface area contributed by atoms with Crippen molar-refractivity contribution in [3.05, 3.63) is 0 Å². The Morgan fingerprint density at radius 3 is 2.47 bits per heavy atom. The van der Waals surface area contributed by atoms with Crippen molar-refractivity contribution in [2.75, 3.05) is 33.7 Å². The molecule has 4 nitrogen and oxygen atoms in total. The zero-order valence-corrected chi connectivity index (χ0v) is 13.2. The normalized spacial score (nSPS) is 19.4. The average Bonchev–Trinajstić information content (AvgIpc) is 2.74. The highest BCUT2D eigenvalue weighted by Gasteiger charge is 2.34. The number of rotatable bonds is 7. The standard InChI is InChI=1S/C15H32N4/c1-13(2)7-10-17-14(16)18-11-15(12-19(3)4)8-5-6-9-15/h13H,5-12H2,1-4H3,(H3,16,17,18). The Bertz CT molecular complexity index is 278. The highest BCUT2D eigenvalue weighted by molar-refractivity contribution is 5.77.